The summed E-state index contributed by atoms with van der Waals surface area (Å²) in [6.07, 6.45) is 2.40. The van der Waals surface area contributed by atoms with Crippen molar-refractivity contribution in [3.8, 4) is 0 Å². The van der Waals surface area contributed by atoms with Crippen LogP contribution in [0.3, 0.4) is 0 Å². The van der Waals surface area contributed by atoms with E-state index in [0.717, 1.165) is 31.1 Å². The summed E-state index contributed by atoms with van der Waals surface area (Å²) >= 11 is 0. The molecule has 2 rings (SSSR count). The number of piperidine rings is 1. The Labute approximate surface area is 128 Å². The number of ketones is 1. The molecule has 0 saturated carbocycles. The van der Waals surface area contributed by atoms with Crippen molar-refractivity contribution in [1.82, 2.24) is 9.80 Å². The zero-order chi connectivity index (χ0) is 15.4. The van der Waals surface area contributed by atoms with E-state index in [2.05, 4.69) is 30.8 Å². The topological polar surface area (TPSA) is 23.6 Å². The van der Waals surface area contributed by atoms with Crippen molar-refractivity contribution < 1.29 is 4.79 Å². The first-order valence-electron chi connectivity index (χ1n) is 7.97. The Balaban J connectivity index is 1.90. The van der Waals surface area contributed by atoms with Gasteiger partial charge in [-0.3, -0.25) is 9.69 Å². The zero-order valence-electron chi connectivity index (χ0n) is 13.8. The largest absolute Gasteiger partial charge is 0.309 e. The second-order valence-corrected chi connectivity index (χ2v) is 6.65. The van der Waals surface area contributed by atoms with Crippen LogP contribution in [0.15, 0.2) is 24.3 Å². The standard InChI is InChI=1S/C18H28N2O/c1-14-5-7-17(8-6-14)18(21)15(2)20-11-9-16(10-12-20)13-19(3)4/h5-8,15-16H,9-13H2,1-4H3. The highest BCUT2D eigenvalue weighted by Crippen LogP contribution is 2.21. The number of carbonyl (C=O) groups excluding carboxylic acids is 1. The van der Waals surface area contributed by atoms with Crippen LogP contribution in [0.5, 0.6) is 0 Å². The molecule has 116 valence electrons. The van der Waals surface area contributed by atoms with E-state index in [1.54, 1.807) is 0 Å². The van der Waals surface area contributed by atoms with Gasteiger partial charge in [0.1, 0.15) is 0 Å². The van der Waals surface area contributed by atoms with Gasteiger partial charge in [-0.15, -0.1) is 0 Å². The molecule has 0 N–H and O–H groups in total. The van der Waals surface area contributed by atoms with Gasteiger partial charge in [-0.05, 0) is 59.8 Å². The van der Waals surface area contributed by atoms with Crippen molar-refractivity contribution in [1.29, 1.82) is 0 Å². The molecule has 0 aliphatic carbocycles. The number of hydrogen-bond acceptors (Lipinski definition) is 3. The molecule has 1 heterocycles. The fraction of sp³-hybridized carbons (Fsp3) is 0.611. The van der Waals surface area contributed by atoms with E-state index in [1.807, 2.05) is 31.2 Å². The first-order chi connectivity index (χ1) is 9.97. The molecular weight excluding hydrogens is 260 g/mol. The molecule has 1 unspecified atom stereocenters. The van der Waals surface area contributed by atoms with Gasteiger partial charge in [0.2, 0.25) is 0 Å². The summed E-state index contributed by atoms with van der Waals surface area (Å²) < 4.78 is 0. The molecule has 1 fully saturated rings. The van der Waals surface area contributed by atoms with E-state index in [9.17, 15) is 4.79 Å². The van der Waals surface area contributed by atoms with Gasteiger partial charge in [-0.2, -0.15) is 0 Å². The summed E-state index contributed by atoms with van der Waals surface area (Å²) in [6.45, 7) is 7.34. The summed E-state index contributed by atoms with van der Waals surface area (Å²) in [4.78, 5) is 17.2. The zero-order valence-corrected chi connectivity index (χ0v) is 13.8. The highest BCUT2D eigenvalue weighted by atomic mass is 16.1. The summed E-state index contributed by atoms with van der Waals surface area (Å²) in [5, 5.41) is 0. The Morgan fingerprint density at radius 2 is 1.81 bits per heavy atom. The molecule has 3 nitrogen and oxygen atoms in total. The van der Waals surface area contributed by atoms with Gasteiger partial charge in [0.25, 0.3) is 0 Å². The minimum atomic E-state index is -0.00647. The molecule has 21 heavy (non-hydrogen) atoms. The molecule has 0 spiro atoms. The second kappa shape index (κ2) is 7.19. The third-order valence-corrected chi connectivity index (χ3v) is 4.54. The molecule has 0 aromatic heterocycles. The number of aryl methyl sites for hydroxylation is 1. The van der Waals surface area contributed by atoms with Gasteiger partial charge >= 0.3 is 0 Å². The quantitative estimate of drug-likeness (QED) is 0.778. The number of Topliss-reactive ketones (excluding diaryl/α,β-unsaturated/α-hetero) is 1. The second-order valence-electron chi connectivity index (χ2n) is 6.65. The summed E-state index contributed by atoms with van der Waals surface area (Å²) in [7, 11) is 4.27. The van der Waals surface area contributed by atoms with Crippen LogP contribution in [-0.2, 0) is 0 Å². The maximum Gasteiger partial charge on any atom is 0.179 e. The highest BCUT2D eigenvalue weighted by molar-refractivity contribution is 5.99. The van der Waals surface area contributed by atoms with Crippen molar-refractivity contribution in [2.75, 3.05) is 33.7 Å². The molecular formula is C18H28N2O. The minimum absolute atomic E-state index is 0.00647. The van der Waals surface area contributed by atoms with E-state index < -0.39 is 0 Å². The average Bonchev–Trinajstić information content (AvgIpc) is 2.47. The van der Waals surface area contributed by atoms with Gasteiger partial charge in [0.15, 0.2) is 5.78 Å². The lowest BCUT2D eigenvalue weighted by Crippen LogP contribution is -2.45. The van der Waals surface area contributed by atoms with E-state index in [1.165, 1.54) is 18.4 Å². The maximum atomic E-state index is 12.6. The molecule has 1 saturated heterocycles. The maximum absolute atomic E-state index is 12.6. The summed E-state index contributed by atoms with van der Waals surface area (Å²) in [6, 6.07) is 7.93. The molecule has 0 radical (unpaired) electrons. The molecule has 0 amide bonds. The van der Waals surface area contributed by atoms with Crippen molar-refractivity contribution in [3.05, 3.63) is 35.4 Å². The van der Waals surface area contributed by atoms with Gasteiger partial charge < -0.3 is 4.90 Å². The van der Waals surface area contributed by atoms with Crippen LogP contribution in [0.1, 0.15) is 35.7 Å². The number of likely N-dealkylation sites (tertiary alicyclic amines) is 1. The van der Waals surface area contributed by atoms with Gasteiger partial charge in [-0.1, -0.05) is 29.8 Å². The Morgan fingerprint density at radius 3 is 2.33 bits per heavy atom. The van der Waals surface area contributed by atoms with Crippen LogP contribution >= 0.6 is 0 Å². The number of carbonyl (C=O) groups is 1. The molecule has 1 atom stereocenters. The smallest absolute Gasteiger partial charge is 0.179 e. The van der Waals surface area contributed by atoms with Crippen molar-refractivity contribution in [2.45, 2.75) is 32.7 Å². The summed E-state index contributed by atoms with van der Waals surface area (Å²) in [5.41, 5.74) is 2.03. The van der Waals surface area contributed by atoms with Crippen molar-refractivity contribution in [2.24, 2.45) is 5.92 Å². The van der Waals surface area contributed by atoms with Crippen LogP contribution in [0.2, 0.25) is 0 Å². The monoisotopic (exact) mass is 288 g/mol. The first kappa shape index (κ1) is 16.2. The SMILES string of the molecule is Cc1ccc(C(=O)C(C)N2CCC(CN(C)C)CC2)cc1. The van der Waals surface area contributed by atoms with E-state index in [-0.39, 0.29) is 11.8 Å². The summed E-state index contributed by atoms with van der Waals surface area (Å²) in [5.74, 6) is 1.03. The van der Waals surface area contributed by atoms with Crippen LogP contribution in [-0.4, -0.2) is 55.4 Å². The van der Waals surface area contributed by atoms with Crippen LogP contribution in [0.25, 0.3) is 0 Å². The minimum Gasteiger partial charge on any atom is -0.309 e. The number of nitrogens with zero attached hydrogens (tertiary/aromatic N) is 2. The number of benzene rings is 1. The Bertz CT molecular complexity index is 459. The van der Waals surface area contributed by atoms with Crippen LogP contribution < -0.4 is 0 Å². The van der Waals surface area contributed by atoms with Crippen LogP contribution in [0.4, 0.5) is 0 Å². The lowest BCUT2D eigenvalue weighted by atomic mass is 9.94. The average molecular weight is 288 g/mol. The lowest BCUT2D eigenvalue weighted by molar-refractivity contribution is 0.0755. The predicted molar refractivity (Wildman–Crippen MR) is 87.8 cm³/mol. The number of rotatable bonds is 5. The molecule has 1 aromatic rings. The molecule has 3 heteroatoms. The molecule has 1 aliphatic rings. The van der Waals surface area contributed by atoms with Crippen LogP contribution in [0, 0.1) is 12.8 Å². The van der Waals surface area contributed by atoms with Gasteiger partial charge in [0, 0.05) is 12.1 Å². The highest BCUT2D eigenvalue weighted by Gasteiger charge is 2.27. The predicted octanol–water partition coefficient (Wildman–Crippen LogP) is 2.84. The first-order valence-corrected chi connectivity index (χ1v) is 7.97. The van der Waals surface area contributed by atoms with Gasteiger partial charge in [-0.25, -0.2) is 0 Å². The van der Waals surface area contributed by atoms with Crippen molar-refractivity contribution in [3.63, 3.8) is 0 Å². The Hall–Kier alpha value is -1.19. The fourth-order valence-corrected chi connectivity index (χ4v) is 3.16. The van der Waals surface area contributed by atoms with E-state index in [4.69, 9.17) is 0 Å². The molecule has 1 aliphatic heterocycles. The third-order valence-electron chi connectivity index (χ3n) is 4.54. The molecule has 1 aromatic carbocycles. The third kappa shape index (κ3) is 4.39. The van der Waals surface area contributed by atoms with E-state index in [0.29, 0.717) is 0 Å². The normalized spacial score (nSPS) is 18.9. The Morgan fingerprint density at radius 1 is 1.24 bits per heavy atom. The fourth-order valence-electron chi connectivity index (χ4n) is 3.16. The Kier molecular flexibility index (Phi) is 5.54. The van der Waals surface area contributed by atoms with E-state index >= 15 is 0 Å². The number of hydrogen-bond donors (Lipinski definition) is 0. The molecule has 0 bridgehead atoms. The van der Waals surface area contributed by atoms with Gasteiger partial charge in [0.05, 0.1) is 6.04 Å². The lowest BCUT2D eigenvalue weighted by Gasteiger charge is -2.36. The van der Waals surface area contributed by atoms with Crippen molar-refractivity contribution >= 4 is 5.78 Å².